The Labute approximate surface area is 200 Å². The van der Waals surface area contributed by atoms with E-state index in [4.69, 9.17) is 4.84 Å². The third kappa shape index (κ3) is 3.72. The van der Waals surface area contributed by atoms with E-state index >= 15 is 0 Å². The molecular formula is C24H24N4O7. The summed E-state index contributed by atoms with van der Waals surface area (Å²) in [5.74, 6) is -0.965. The largest absolute Gasteiger partial charge is 0.365 e. The fraction of sp³-hybridized carbons (Fsp3) is 0.375. The van der Waals surface area contributed by atoms with Gasteiger partial charge < -0.3 is 10.2 Å². The molecule has 11 heteroatoms. The number of anilines is 1. The van der Waals surface area contributed by atoms with Gasteiger partial charge in [0.2, 0.25) is 5.91 Å². The van der Waals surface area contributed by atoms with Crippen molar-refractivity contribution in [2.45, 2.75) is 40.0 Å². The van der Waals surface area contributed by atoms with Crippen LogP contribution in [0.3, 0.4) is 0 Å². The van der Waals surface area contributed by atoms with E-state index in [0.717, 1.165) is 0 Å². The molecule has 2 aliphatic carbocycles. The number of nitro groups is 2. The summed E-state index contributed by atoms with van der Waals surface area (Å²) < 4.78 is 0. The molecule has 1 amide bonds. The second-order valence-electron chi connectivity index (χ2n) is 9.69. The van der Waals surface area contributed by atoms with Gasteiger partial charge in [-0.2, -0.15) is 0 Å². The van der Waals surface area contributed by atoms with Crippen LogP contribution < -0.4 is 5.32 Å². The summed E-state index contributed by atoms with van der Waals surface area (Å²) >= 11 is 0. The number of fused-ring (bicyclic) bond motifs is 2. The third-order valence-corrected chi connectivity index (χ3v) is 8.06. The van der Waals surface area contributed by atoms with Crippen LogP contribution in [0.25, 0.3) is 0 Å². The SMILES string of the molecule is CC12CCC(C(=O)Nc3ccc([N+](=O)[O-])cc3)(C/C1=N\OC(=O)c1ccc([N+](=O)[O-])cc1)C2(C)C. The molecule has 2 aromatic carbocycles. The number of rotatable bonds is 6. The number of amides is 1. The first kappa shape index (κ1) is 24.0. The van der Waals surface area contributed by atoms with Crippen LogP contribution in [0.1, 0.15) is 50.4 Å². The molecule has 2 aliphatic rings. The minimum absolute atomic E-state index is 0.0694. The summed E-state index contributed by atoms with van der Waals surface area (Å²) in [5, 5.41) is 28.7. The molecule has 2 bridgehead atoms. The molecule has 0 spiro atoms. The lowest BCUT2D eigenvalue weighted by Gasteiger charge is -2.39. The van der Waals surface area contributed by atoms with Crippen LogP contribution in [0.2, 0.25) is 0 Å². The molecule has 11 nitrogen and oxygen atoms in total. The number of hydrogen-bond donors (Lipinski definition) is 1. The topological polar surface area (TPSA) is 154 Å². The Balaban J connectivity index is 1.54. The predicted molar refractivity (Wildman–Crippen MR) is 126 cm³/mol. The Morgan fingerprint density at radius 3 is 2.00 bits per heavy atom. The minimum atomic E-state index is -0.803. The van der Waals surface area contributed by atoms with Gasteiger partial charge in [0.05, 0.1) is 26.5 Å². The molecule has 2 saturated carbocycles. The second kappa shape index (κ2) is 8.26. The molecule has 2 aromatic rings. The highest BCUT2D eigenvalue weighted by Gasteiger charge is 2.71. The van der Waals surface area contributed by atoms with Gasteiger partial charge in [-0.25, -0.2) is 4.79 Å². The van der Waals surface area contributed by atoms with Gasteiger partial charge in [-0.15, -0.1) is 0 Å². The number of nitrogens with zero attached hydrogens (tertiary/aromatic N) is 3. The summed E-state index contributed by atoms with van der Waals surface area (Å²) in [6, 6.07) is 10.7. The highest BCUT2D eigenvalue weighted by atomic mass is 16.7. The number of benzene rings is 2. The van der Waals surface area contributed by atoms with Crippen molar-refractivity contribution in [2.75, 3.05) is 5.32 Å². The monoisotopic (exact) mass is 480 g/mol. The van der Waals surface area contributed by atoms with E-state index in [0.29, 0.717) is 30.7 Å². The van der Waals surface area contributed by atoms with Gasteiger partial charge in [0.25, 0.3) is 11.4 Å². The number of non-ortho nitro benzene ring substituents is 2. The van der Waals surface area contributed by atoms with Crippen molar-refractivity contribution in [1.82, 2.24) is 0 Å². The summed E-state index contributed by atoms with van der Waals surface area (Å²) in [7, 11) is 0. The highest BCUT2D eigenvalue weighted by Crippen LogP contribution is 2.71. The van der Waals surface area contributed by atoms with Gasteiger partial charge in [0, 0.05) is 41.8 Å². The standard InChI is InChI=1S/C24H24N4O7/c1-22(2)23(3)12-13-24(22,21(30)25-16-6-10-18(11-7-16)28(33)34)14-19(23)26-35-20(29)15-4-8-17(9-5-15)27(31)32/h4-11H,12-14H2,1-3H3,(H,25,30)/b26-19+. The van der Waals surface area contributed by atoms with Gasteiger partial charge in [-0.05, 0) is 42.5 Å². The first-order chi connectivity index (χ1) is 16.4. The van der Waals surface area contributed by atoms with E-state index in [-0.39, 0.29) is 22.8 Å². The molecule has 0 aliphatic heterocycles. The first-order valence-corrected chi connectivity index (χ1v) is 11.0. The molecule has 2 atom stereocenters. The number of oxime groups is 1. The van der Waals surface area contributed by atoms with E-state index in [9.17, 15) is 29.8 Å². The zero-order chi connectivity index (χ0) is 25.6. The highest BCUT2D eigenvalue weighted by molar-refractivity contribution is 6.06. The molecular weight excluding hydrogens is 456 g/mol. The molecule has 2 unspecified atom stereocenters. The van der Waals surface area contributed by atoms with Crippen LogP contribution in [0.4, 0.5) is 17.1 Å². The lowest BCUT2D eigenvalue weighted by Crippen LogP contribution is -2.43. The maximum atomic E-state index is 13.5. The second-order valence-corrected chi connectivity index (χ2v) is 9.69. The number of hydrogen-bond acceptors (Lipinski definition) is 8. The molecule has 182 valence electrons. The Bertz CT molecular complexity index is 1250. The predicted octanol–water partition coefficient (Wildman–Crippen LogP) is 4.87. The fourth-order valence-corrected chi connectivity index (χ4v) is 5.31. The zero-order valence-corrected chi connectivity index (χ0v) is 19.4. The summed E-state index contributed by atoms with van der Waals surface area (Å²) in [4.78, 5) is 51.8. The molecule has 35 heavy (non-hydrogen) atoms. The number of carbonyl (C=O) groups is 2. The summed E-state index contributed by atoms with van der Waals surface area (Å²) in [5.41, 5.74) is -0.840. The Morgan fingerprint density at radius 2 is 1.46 bits per heavy atom. The summed E-state index contributed by atoms with van der Waals surface area (Å²) in [6.07, 6.45) is 1.58. The molecule has 0 aromatic heterocycles. The molecule has 2 fully saturated rings. The number of nitrogens with one attached hydrogen (secondary N) is 1. The molecule has 1 N–H and O–H groups in total. The fourth-order valence-electron chi connectivity index (χ4n) is 5.31. The lowest BCUT2D eigenvalue weighted by atomic mass is 9.64. The number of carbonyl (C=O) groups excluding carboxylic acids is 2. The van der Waals surface area contributed by atoms with Crippen LogP contribution in [0.5, 0.6) is 0 Å². The quantitative estimate of drug-likeness (QED) is 0.351. The van der Waals surface area contributed by atoms with E-state index in [1.54, 1.807) is 0 Å². The van der Waals surface area contributed by atoms with Crippen molar-refractivity contribution in [3.63, 3.8) is 0 Å². The van der Waals surface area contributed by atoms with Crippen molar-refractivity contribution in [3.05, 3.63) is 74.3 Å². The normalized spacial score (nSPS) is 25.3. The van der Waals surface area contributed by atoms with Crippen molar-refractivity contribution in [2.24, 2.45) is 21.4 Å². The molecule has 0 heterocycles. The Hall–Kier alpha value is -4.15. The Kier molecular flexibility index (Phi) is 5.66. The smallest absolute Gasteiger partial charge is 0.326 e. The maximum Gasteiger partial charge on any atom is 0.365 e. The summed E-state index contributed by atoms with van der Waals surface area (Å²) in [6.45, 7) is 5.99. The van der Waals surface area contributed by atoms with Gasteiger partial charge in [0.1, 0.15) is 0 Å². The van der Waals surface area contributed by atoms with Crippen molar-refractivity contribution in [3.8, 4) is 0 Å². The van der Waals surface area contributed by atoms with Crippen LogP contribution in [0, 0.1) is 36.5 Å². The van der Waals surface area contributed by atoms with Crippen molar-refractivity contribution >= 4 is 34.7 Å². The first-order valence-electron chi connectivity index (χ1n) is 11.0. The van der Waals surface area contributed by atoms with E-state index < -0.39 is 32.1 Å². The van der Waals surface area contributed by atoms with E-state index in [1.807, 2.05) is 20.8 Å². The molecule has 4 rings (SSSR count). The van der Waals surface area contributed by atoms with E-state index in [1.165, 1.54) is 48.5 Å². The van der Waals surface area contributed by atoms with E-state index in [2.05, 4.69) is 10.5 Å². The maximum absolute atomic E-state index is 13.5. The van der Waals surface area contributed by atoms with Gasteiger partial charge in [0.15, 0.2) is 0 Å². The average molecular weight is 480 g/mol. The van der Waals surface area contributed by atoms with Crippen LogP contribution >= 0.6 is 0 Å². The van der Waals surface area contributed by atoms with Gasteiger partial charge >= 0.3 is 5.97 Å². The molecule has 0 saturated heterocycles. The van der Waals surface area contributed by atoms with Crippen molar-refractivity contribution < 1.29 is 24.3 Å². The third-order valence-electron chi connectivity index (χ3n) is 8.06. The van der Waals surface area contributed by atoms with Gasteiger partial charge in [-0.1, -0.05) is 25.9 Å². The van der Waals surface area contributed by atoms with Gasteiger partial charge in [-0.3, -0.25) is 25.0 Å². The average Bonchev–Trinajstić information content (AvgIpc) is 3.13. The van der Waals surface area contributed by atoms with Crippen LogP contribution in [0.15, 0.2) is 53.7 Å². The molecule has 0 radical (unpaired) electrons. The Morgan fingerprint density at radius 1 is 0.914 bits per heavy atom. The number of nitro benzene ring substituents is 2. The van der Waals surface area contributed by atoms with Crippen LogP contribution in [-0.2, 0) is 9.63 Å². The van der Waals surface area contributed by atoms with Crippen molar-refractivity contribution in [1.29, 1.82) is 0 Å². The lowest BCUT2D eigenvalue weighted by molar-refractivity contribution is -0.385. The zero-order valence-electron chi connectivity index (χ0n) is 19.4. The minimum Gasteiger partial charge on any atom is -0.326 e. The van der Waals surface area contributed by atoms with Crippen LogP contribution in [-0.4, -0.2) is 27.4 Å².